The van der Waals surface area contributed by atoms with E-state index in [1.54, 1.807) is 0 Å². The van der Waals surface area contributed by atoms with Gasteiger partial charge in [-0.3, -0.25) is 10.1 Å². The largest absolute Gasteiger partial charge is 0.278 e. The fourth-order valence-corrected chi connectivity index (χ4v) is 1.97. The average molecular weight is 352 g/mol. The van der Waals surface area contributed by atoms with Crippen LogP contribution in [-0.2, 0) is 0 Å². The third-order valence-corrected chi connectivity index (χ3v) is 3.52. The molecule has 1 aromatic rings. The molecular formula is C11H14F6N2O2S. The van der Waals surface area contributed by atoms with E-state index in [0.717, 1.165) is 12.1 Å². The summed E-state index contributed by atoms with van der Waals surface area (Å²) in [5, 5.41) is 10.2. The van der Waals surface area contributed by atoms with E-state index in [1.165, 1.54) is 13.8 Å². The number of nitro groups is 1. The summed E-state index contributed by atoms with van der Waals surface area (Å²) in [5.74, 6) is -0.916. The molecule has 11 heteroatoms. The molecule has 1 aromatic carbocycles. The molecule has 0 atom stereocenters. The molecular weight excluding hydrogens is 338 g/mol. The van der Waals surface area contributed by atoms with Crippen LogP contribution in [0, 0.1) is 15.9 Å². The van der Waals surface area contributed by atoms with E-state index in [-0.39, 0.29) is 13.1 Å². The Hall–Kier alpha value is -1.49. The van der Waals surface area contributed by atoms with Crippen molar-refractivity contribution >= 4 is 17.1 Å². The van der Waals surface area contributed by atoms with Crippen molar-refractivity contribution in [3.63, 3.8) is 0 Å². The molecule has 0 fully saturated rings. The lowest BCUT2D eigenvalue weighted by molar-refractivity contribution is -0.386. The normalized spacial score (nSPS) is 12.1. The minimum atomic E-state index is -4.93. The summed E-state index contributed by atoms with van der Waals surface area (Å²) in [6.45, 7) is 3.14. The summed E-state index contributed by atoms with van der Waals surface area (Å²) in [5.41, 5.74) is -1.67. The Balaban J connectivity index is 0.000000433. The highest BCUT2D eigenvalue weighted by Gasteiger charge is 2.27. The van der Waals surface area contributed by atoms with Crippen molar-refractivity contribution in [2.75, 3.05) is 13.1 Å². The predicted octanol–water partition coefficient (Wildman–Crippen LogP) is 5.37. The van der Waals surface area contributed by atoms with Crippen molar-refractivity contribution in [2.24, 2.45) is 0 Å². The molecule has 0 bridgehead atoms. The fourth-order valence-electron chi connectivity index (χ4n) is 1.38. The lowest BCUT2D eigenvalue weighted by atomic mass is 10.2. The van der Waals surface area contributed by atoms with Crippen LogP contribution >= 0.6 is 11.4 Å². The van der Waals surface area contributed by atoms with Gasteiger partial charge in [0.05, 0.1) is 10.5 Å². The van der Waals surface area contributed by atoms with E-state index in [1.807, 2.05) is 0 Å². The summed E-state index contributed by atoms with van der Waals surface area (Å²) in [6, 6.07) is 1.95. The van der Waals surface area contributed by atoms with Crippen LogP contribution in [0.5, 0.6) is 0 Å². The first-order chi connectivity index (χ1) is 10.0. The van der Waals surface area contributed by atoms with Crippen LogP contribution in [0.4, 0.5) is 30.5 Å². The Morgan fingerprint density at radius 3 is 2.00 bits per heavy atom. The molecule has 0 amide bonds. The molecule has 0 N–H and O–H groups in total. The van der Waals surface area contributed by atoms with Gasteiger partial charge in [0.25, 0.3) is 23.5 Å². The summed E-state index contributed by atoms with van der Waals surface area (Å²) in [6.07, 6.45) is -3.05. The van der Waals surface area contributed by atoms with Crippen LogP contribution < -0.4 is 0 Å². The Morgan fingerprint density at radius 2 is 1.73 bits per heavy atom. The number of hydrogen-bond acceptors (Lipinski definition) is 3. The monoisotopic (exact) mass is 352 g/mol. The van der Waals surface area contributed by atoms with Crippen LogP contribution in [-0.4, -0.2) is 22.3 Å². The van der Waals surface area contributed by atoms with Gasteiger partial charge in [-0.25, -0.2) is 13.2 Å². The van der Waals surface area contributed by atoms with Crippen molar-refractivity contribution in [1.82, 2.24) is 4.31 Å². The third-order valence-electron chi connectivity index (χ3n) is 2.42. The van der Waals surface area contributed by atoms with Gasteiger partial charge in [-0.1, -0.05) is 13.8 Å². The number of halogens is 6. The first-order valence-electron chi connectivity index (χ1n) is 5.93. The highest BCUT2D eigenvalue weighted by molar-refractivity contribution is 8.18. The van der Waals surface area contributed by atoms with Crippen molar-refractivity contribution in [3.8, 4) is 0 Å². The summed E-state index contributed by atoms with van der Waals surface area (Å²) in [7, 11) is 0. The van der Waals surface area contributed by atoms with Gasteiger partial charge in [0.1, 0.15) is 5.82 Å². The molecule has 22 heavy (non-hydrogen) atoms. The maximum atomic E-state index is 12.4. The highest BCUT2D eigenvalue weighted by Crippen LogP contribution is 2.55. The van der Waals surface area contributed by atoms with Gasteiger partial charge in [-0.15, -0.1) is 11.7 Å². The smallest absolute Gasteiger partial charge is 0.258 e. The number of nitro benzene ring substituents is 1. The quantitative estimate of drug-likeness (QED) is 0.406. The molecule has 1 rings (SSSR count). The van der Waals surface area contributed by atoms with Gasteiger partial charge < -0.3 is 0 Å². The van der Waals surface area contributed by atoms with Crippen LogP contribution in [0.3, 0.4) is 0 Å². The zero-order chi connectivity index (χ0) is 17.5. The second-order valence-corrected chi connectivity index (χ2v) is 5.04. The summed E-state index contributed by atoms with van der Waals surface area (Å²) < 4.78 is 72.3. The van der Waals surface area contributed by atoms with Crippen molar-refractivity contribution in [2.45, 2.75) is 20.3 Å². The van der Waals surface area contributed by atoms with E-state index in [9.17, 15) is 34.9 Å². The maximum absolute atomic E-state index is 12.4. The van der Waals surface area contributed by atoms with Crippen molar-refractivity contribution in [1.29, 1.82) is 0 Å². The fraction of sp³-hybridized carbons (Fsp3) is 0.455. The van der Waals surface area contributed by atoms with E-state index in [4.69, 9.17) is 0 Å². The van der Waals surface area contributed by atoms with E-state index >= 15 is 0 Å². The van der Waals surface area contributed by atoms with Crippen LogP contribution in [0.25, 0.3) is 0 Å². The van der Waals surface area contributed by atoms with Gasteiger partial charge in [-0.05, 0) is 12.1 Å². The molecule has 0 aliphatic rings. The topological polar surface area (TPSA) is 46.4 Å². The Morgan fingerprint density at radius 1 is 1.23 bits per heavy atom. The lowest BCUT2D eigenvalue weighted by Gasteiger charge is -2.23. The number of hydrogen-bond donors (Lipinski definition) is 0. The molecule has 0 spiro atoms. The standard InChI is InChI=1S/C7H4F3NO2.C4H10F3NS/c8-4-1-2-6(11(12)13)5(3-4)7(9)10;1-3-8(4-2)9(5,6)7/h1-3,7H;3-4H2,1-2H3. The average Bonchev–Trinajstić information content (AvgIpc) is 2.38. The first kappa shape index (κ1) is 20.5. The molecule has 0 saturated carbocycles. The zero-order valence-corrected chi connectivity index (χ0v) is 12.4. The molecule has 4 nitrogen and oxygen atoms in total. The lowest BCUT2D eigenvalue weighted by Crippen LogP contribution is -2.19. The second-order valence-electron chi connectivity index (χ2n) is 3.76. The van der Waals surface area contributed by atoms with Gasteiger partial charge in [0.2, 0.25) is 0 Å². The number of nitrogens with zero attached hydrogens (tertiary/aromatic N) is 2. The Kier molecular flexibility index (Phi) is 8.23. The van der Waals surface area contributed by atoms with Gasteiger partial charge in [-0.2, -0.15) is 4.31 Å². The highest BCUT2D eigenvalue weighted by atomic mass is 32.3. The Labute approximate surface area is 125 Å². The van der Waals surface area contributed by atoms with E-state index in [0.29, 0.717) is 10.4 Å². The number of alkyl halides is 2. The van der Waals surface area contributed by atoms with Crippen LogP contribution in [0.1, 0.15) is 25.8 Å². The molecule has 0 radical (unpaired) electrons. The molecule has 0 heterocycles. The van der Waals surface area contributed by atoms with Crippen LogP contribution in [0.15, 0.2) is 18.2 Å². The first-order valence-corrected chi connectivity index (χ1v) is 7.22. The maximum Gasteiger partial charge on any atom is 0.278 e. The second kappa shape index (κ2) is 8.83. The molecule has 0 aliphatic carbocycles. The summed E-state index contributed by atoms with van der Waals surface area (Å²) >= 11 is -4.93. The predicted molar refractivity (Wildman–Crippen MR) is 71.8 cm³/mol. The molecule has 128 valence electrons. The number of benzene rings is 1. The van der Waals surface area contributed by atoms with Crippen molar-refractivity contribution in [3.05, 3.63) is 39.7 Å². The Bertz CT molecular complexity index is 494. The van der Waals surface area contributed by atoms with Crippen molar-refractivity contribution < 1.29 is 29.8 Å². The molecule has 0 aliphatic heterocycles. The SMILES string of the molecule is CCN(CC)S(F)(F)F.O=[N+]([O-])c1ccc(F)cc1C(F)F. The number of rotatable bonds is 5. The van der Waals surface area contributed by atoms with E-state index in [2.05, 4.69) is 0 Å². The minimum Gasteiger partial charge on any atom is -0.258 e. The van der Waals surface area contributed by atoms with Gasteiger partial charge in [0.15, 0.2) is 0 Å². The zero-order valence-electron chi connectivity index (χ0n) is 11.6. The molecule has 0 aromatic heterocycles. The van der Waals surface area contributed by atoms with Crippen LogP contribution in [0.2, 0.25) is 0 Å². The minimum absolute atomic E-state index is 0.0648. The molecule has 0 unspecified atom stereocenters. The summed E-state index contributed by atoms with van der Waals surface area (Å²) in [4.78, 5) is 9.22. The van der Waals surface area contributed by atoms with Gasteiger partial charge >= 0.3 is 0 Å². The third kappa shape index (κ3) is 6.52. The van der Waals surface area contributed by atoms with E-state index < -0.39 is 39.8 Å². The van der Waals surface area contributed by atoms with Gasteiger partial charge in [0, 0.05) is 19.2 Å². The molecule has 0 saturated heterocycles.